The molecule has 1 atom stereocenters. The van der Waals surface area contributed by atoms with Gasteiger partial charge in [0.05, 0.1) is 21.3 Å². The van der Waals surface area contributed by atoms with Crippen molar-refractivity contribution in [1.29, 1.82) is 0 Å². The Bertz CT molecular complexity index is 279. The average molecular weight is 190 g/mol. The Morgan fingerprint density at radius 2 is 2.00 bits per heavy atom. The van der Waals surface area contributed by atoms with Gasteiger partial charge in [-0.3, -0.25) is 0 Å². The molecule has 0 amide bonds. The molecule has 0 bridgehead atoms. The van der Waals surface area contributed by atoms with Crippen molar-refractivity contribution in [3.05, 3.63) is 55.1 Å². The summed E-state index contributed by atoms with van der Waals surface area (Å²) in [6, 6.07) is 10.5. The van der Waals surface area contributed by atoms with Crippen LogP contribution in [0.25, 0.3) is 0 Å². The molecule has 0 fully saturated rings. The van der Waals surface area contributed by atoms with Gasteiger partial charge in [0, 0.05) is 0 Å². The summed E-state index contributed by atoms with van der Waals surface area (Å²) in [5.41, 5.74) is 2.14. The largest absolute Gasteiger partial charge is 0.474 e. The summed E-state index contributed by atoms with van der Waals surface area (Å²) < 4.78 is 4.94. The first-order valence-electron chi connectivity index (χ1n) is 4.32. The first kappa shape index (κ1) is 9.80. The lowest BCUT2D eigenvalue weighted by Gasteiger charge is -2.03. The highest BCUT2D eigenvalue weighted by molar-refractivity contribution is 6.76. The maximum atomic E-state index is 4.94. The number of hydrogen-bond acceptors (Lipinski definition) is 1. The highest BCUT2D eigenvalue weighted by Gasteiger charge is 2.00. The van der Waals surface area contributed by atoms with Crippen molar-refractivity contribution < 1.29 is 4.74 Å². The lowest BCUT2D eigenvalue weighted by atomic mass is 10.4. The molecular weight excluding hydrogens is 176 g/mol. The Balaban J connectivity index is 2.58. The van der Waals surface area contributed by atoms with Crippen molar-refractivity contribution in [1.82, 2.24) is 0 Å². The SMILES string of the molecule is C=COC=C[SiH](C)c1ccccc1. The molecule has 0 aliphatic heterocycles. The molecule has 1 aromatic carbocycles. The highest BCUT2D eigenvalue weighted by atomic mass is 28.3. The average Bonchev–Trinajstić information content (AvgIpc) is 2.19. The molecule has 0 aliphatic carbocycles. The minimum absolute atomic E-state index is 0.945. The van der Waals surface area contributed by atoms with Crippen molar-refractivity contribution in [3.8, 4) is 0 Å². The molecule has 0 aromatic heterocycles. The first-order valence-corrected chi connectivity index (χ1v) is 6.72. The van der Waals surface area contributed by atoms with Crippen LogP contribution in [0.15, 0.2) is 55.1 Å². The predicted octanol–water partition coefficient (Wildman–Crippen LogP) is 1.96. The fourth-order valence-corrected chi connectivity index (χ4v) is 2.46. The van der Waals surface area contributed by atoms with Crippen LogP contribution >= 0.6 is 0 Å². The molecule has 0 saturated heterocycles. The third-order valence-corrected chi connectivity index (χ3v) is 4.04. The van der Waals surface area contributed by atoms with E-state index >= 15 is 0 Å². The number of ether oxygens (including phenoxy) is 1. The van der Waals surface area contributed by atoms with Gasteiger partial charge in [0.2, 0.25) is 0 Å². The minimum Gasteiger partial charge on any atom is -0.474 e. The zero-order chi connectivity index (χ0) is 9.52. The van der Waals surface area contributed by atoms with Crippen LogP contribution in [0.1, 0.15) is 0 Å². The molecule has 0 aliphatic rings. The number of hydrogen-bond donors (Lipinski definition) is 0. The lowest BCUT2D eigenvalue weighted by Crippen LogP contribution is -2.23. The quantitative estimate of drug-likeness (QED) is 0.521. The molecule has 13 heavy (non-hydrogen) atoms. The van der Waals surface area contributed by atoms with Gasteiger partial charge in [-0.1, -0.05) is 54.3 Å². The maximum absolute atomic E-state index is 4.94. The zero-order valence-corrected chi connectivity index (χ0v) is 8.97. The fourth-order valence-electron chi connectivity index (χ4n) is 1.09. The van der Waals surface area contributed by atoms with E-state index in [0.29, 0.717) is 0 Å². The summed E-state index contributed by atoms with van der Waals surface area (Å²) in [7, 11) is -0.945. The van der Waals surface area contributed by atoms with Crippen LogP contribution in [0, 0.1) is 0 Å². The van der Waals surface area contributed by atoms with Crippen molar-refractivity contribution in [3.63, 3.8) is 0 Å². The van der Waals surface area contributed by atoms with Gasteiger partial charge in [-0.15, -0.1) is 0 Å². The van der Waals surface area contributed by atoms with Gasteiger partial charge in [0.15, 0.2) is 0 Å². The zero-order valence-electron chi connectivity index (χ0n) is 7.81. The second kappa shape index (κ2) is 5.38. The van der Waals surface area contributed by atoms with E-state index in [0.717, 1.165) is 0 Å². The van der Waals surface area contributed by atoms with Gasteiger partial charge in [-0.2, -0.15) is 0 Å². The Kier molecular flexibility index (Phi) is 4.06. The Morgan fingerprint density at radius 3 is 2.62 bits per heavy atom. The molecule has 0 saturated carbocycles. The third kappa shape index (κ3) is 3.30. The van der Waals surface area contributed by atoms with Crippen molar-refractivity contribution in [2.75, 3.05) is 0 Å². The smallest absolute Gasteiger partial charge is 0.0949 e. The van der Waals surface area contributed by atoms with E-state index in [9.17, 15) is 0 Å². The summed E-state index contributed by atoms with van der Waals surface area (Å²) in [6.45, 7) is 5.73. The van der Waals surface area contributed by atoms with Gasteiger partial charge < -0.3 is 4.74 Å². The molecule has 2 heteroatoms. The summed E-state index contributed by atoms with van der Waals surface area (Å²) in [5, 5.41) is 1.42. The second-order valence-corrected chi connectivity index (χ2v) is 5.46. The standard InChI is InChI=1S/C11H14OSi/c1-3-12-9-10-13(2)11-7-5-4-6-8-11/h3-10,13H,1H2,2H3. The third-order valence-electron chi connectivity index (χ3n) is 1.87. The molecule has 1 unspecified atom stereocenters. The van der Waals surface area contributed by atoms with Crippen LogP contribution in [0.4, 0.5) is 0 Å². The van der Waals surface area contributed by atoms with Crippen molar-refractivity contribution in [2.24, 2.45) is 0 Å². The number of benzene rings is 1. The Morgan fingerprint density at radius 1 is 1.31 bits per heavy atom. The van der Waals surface area contributed by atoms with Crippen molar-refractivity contribution in [2.45, 2.75) is 6.55 Å². The Labute approximate surface area is 81.0 Å². The predicted molar refractivity (Wildman–Crippen MR) is 59.5 cm³/mol. The molecular formula is C11H14OSi. The Hall–Kier alpha value is -1.28. The van der Waals surface area contributed by atoms with Gasteiger partial charge in [0.25, 0.3) is 0 Å². The van der Waals surface area contributed by atoms with E-state index in [1.807, 2.05) is 6.07 Å². The molecule has 0 heterocycles. The molecule has 0 radical (unpaired) electrons. The minimum atomic E-state index is -0.945. The van der Waals surface area contributed by atoms with E-state index < -0.39 is 8.80 Å². The van der Waals surface area contributed by atoms with Crippen LogP contribution in [-0.2, 0) is 4.74 Å². The summed E-state index contributed by atoms with van der Waals surface area (Å²) >= 11 is 0. The molecule has 0 N–H and O–H groups in total. The van der Waals surface area contributed by atoms with Gasteiger partial charge in [0.1, 0.15) is 0 Å². The van der Waals surface area contributed by atoms with Crippen LogP contribution in [0.2, 0.25) is 6.55 Å². The summed E-state index contributed by atoms with van der Waals surface area (Å²) in [4.78, 5) is 0. The maximum Gasteiger partial charge on any atom is 0.0949 e. The topological polar surface area (TPSA) is 9.23 Å². The van der Waals surface area contributed by atoms with E-state index in [2.05, 4.69) is 43.1 Å². The molecule has 0 spiro atoms. The summed E-state index contributed by atoms with van der Waals surface area (Å²) in [6.07, 6.45) is 3.15. The molecule has 1 nitrogen and oxygen atoms in total. The lowest BCUT2D eigenvalue weighted by molar-refractivity contribution is 0.405. The van der Waals surface area contributed by atoms with Crippen molar-refractivity contribution >= 4 is 14.0 Å². The number of rotatable bonds is 4. The monoisotopic (exact) mass is 190 g/mol. The molecule has 1 rings (SSSR count). The van der Waals surface area contributed by atoms with Gasteiger partial charge in [-0.25, -0.2) is 0 Å². The van der Waals surface area contributed by atoms with Crippen LogP contribution < -0.4 is 5.19 Å². The van der Waals surface area contributed by atoms with Crippen LogP contribution in [-0.4, -0.2) is 8.80 Å². The first-order chi connectivity index (χ1) is 6.34. The van der Waals surface area contributed by atoms with E-state index in [4.69, 9.17) is 4.74 Å². The normalized spacial score (nSPS) is 12.7. The molecule has 68 valence electrons. The van der Waals surface area contributed by atoms with Gasteiger partial charge in [-0.05, 0) is 0 Å². The van der Waals surface area contributed by atoms with E-state index in [1.54, 1.807) is 6.26 Å². The highest BCUT2D eigenvalue weighted by Crippen LogP contribution is 1.90. The van der Waals surface area contributed by atoms with E-state index in [1.165, 1.54) is 11.4 Å². The van der Waals surface area contributed by atoms with Crippen LogP contribution in [0.3, 0.4) is 0 Å². The fraction of sp³-hybridized carbons (Fsp3) is 0.0909. The van der Waals surface area contributed by atoms with Gasteiger partial charge >= 0.3 is 0 Å². The van der Waals surface area contributed by atoms with Crippen LogP contribution in [0.5, 0.6) is 0 Å². The molecule has 1 aromatic rings. The van der Waals surface area contributed by atoms with E-state index in [-0.39, 0.29) is 0 Å². The second-order valence-electron chi connectivity index (χ2n) is 2.83. The summed E-state index contributed by atoms with van der Waals surface area (Å²) in [5.74, 6) is 0.